The number of hydrogen-bond donors (Lipinski definition) is 3. The van der Waals surface area contributed by atoms with Gasteiger partial charge in [0.1, 0.15) is 18.4 Å². The van der Waals surface area contributed by atoms with E-state index in [1.54, 1.807) is 0 Å². The summed E-state index contributed by atoms with van der Waals surface area (Å²) in [6.07, 6.45) is -5.45. The molecule has 214 valence electrons. The molecule has 0 heterocycles. The van der Waals surface area contributed by atoms with E-state index in [9.17, 15) is 31.2 Å². The second-order valence-corrected chi connectivity index (χ2v) is 9.95. The number of guanidine groups is 1. The van der Waals surface area contributed by atoms with Crippen LogP contribution in [-0.2, 0) is 40.6 Å². The summed E-state index contributed by atoms with van der Waals surface area (Å²) < 4.78 is 70.3. The Balaban J connectivity index is 2.13. The van der Waals surface area contributed by atoms with E-state index in [4.69, 9.17) is 44.2 Å². The van der Waals surface area contributed by atoms with Crippen molar-refractivity contribution < 1.29 is 50.5 Å². The van der Waals surface area contributed by atoms with E-state index < -0.39 is 45.5 Å². The lowest BCUT2D eigenvalue weighted by atomic mass is 10.1. The zero-order chi connectivity index (χ0) is 29.2. The molecule has 2 aromatic carbocycles. The number of benzene rings is 2. The molecule has 0 aliphatic carbocycles. The second kappa shape index (κ2) is 14.1. The molecular formula is C21H21Cl2F3N4O8S. The average Bonchev–Trinajstić information content (AvgIpc) is 2.85. The van der Waals surface area contributed by atoms with Crippen LogP contribution in [0.3, 0.4) is 0 Å². The molecule has 0 unspecified atom stereocenters. The van der Waals surface area contributed by atoms with Gasteiger partial charge in [-0.15, -0.1) is 0 Å². The topological polar surface area (TPSA) is 182 Å². The molecule has 18 heteroatoms. The molecule has 12 nitrogen and oxygen atoms in total. The highest BCUT2D eigenvalue weighted by molar-refractivity contribution is 7.89. The van der Waals surface area contributed by atoms with E-state index >= 15 is 0 Å². The molecule has 0 spiro atoms. The number of carbonyl (C=O) groups excluding carboxylic acids is 2. The molecule has 5 N–H and O–H groups in total. The average molecular weight is 617 g/mol. The highest BCUT2D eigenvalue weighted by Crippen LogP contribution is 2.25. The van der Waals surface area contributed by atoms with Gasteiger partial charge in [-0.25, -0.2) is 27.8 Å². The van der Waals surface area contributed by atoms with Crippen LogP contribution in [0, 0.1) is 0 Å². The third-order valence-electron chi connectivity index (χ3n) is 4.40. The monoisotopic (exact) mass is 616 g/mol. The third-order valence-corrected chi connectivity index (χ3v) is 6.60. The van der Waals surface area contributed by atoms with E-state index in [1.807, 2.05) is 4.72 Å². The summed E-state index contributed by atoms with van der Waals surface area (Å²) in [6.45, 7) is 0.403. The first kappa shape index (κ1) is 31.7. The van der Waals surface area contributed by atoms with Gasteiger partial charge in [0.05, 0.1) is 21.5 Å². The summed E-state index contributed by atoms with van der Waals surface area (Å²) in [7, 11) is -4.48. The van der Waals surface area contributed by atoms with Crippen molar-refractivity contribution in [3.63, 3.8) is 0 Å². The Morgan fingerprint density at radius 3 is 2.26 bits per heavy atom. The molecule has 0 aromatic heterocycles. The first-order valence-corrected chi connectivity index (χ1v) is 12.8. The van der Waals surface area contributed by atoms with Crippen molar-refractivity contribution in [2.24, 2.45) is 16.6 Å². The highest BCUT2D eigenvalue weighted by atomic mass is 35.5. The molecule has 0 fully saturated rings. The van der Waals surface area contributed by atoms with Crippen LogP contribution < -0.4 is 20.9 Å². The molecular weight excluding hydrogens is 596 g/mol. The van der Waals surface area contributed by atoms with Gasteiger partial charge in [0.25, 0.3) is 0 Å². The van der Waals surface area contributed by atoms with Crippen LogP contribution in [0.5, 0.6) is 5.75 Å². The molecule has 2 rings (SSSR count). The maximum absolute atomic E-state index is 12.8. The van der Waals surface area contributed by atoms with Crippen LogP contribution >= 0.6 is 23.2 Å². The van der Waals surface area contributed by atoms with Gasteiger partial charge >= 0.3 is 18.1 Å². The van der Waals surface area contributed by atoms with Crippen molar-refractivity contribution in [2.45, 2.75) is 30.0 Å². The van der Waals surface area contributed by atoms with Gasteiger partial charge < -0.3 is 21.0 Å². The minimum Gasteiger partial charge on any atom is -0.493 e. The predicted molar refractivity (Wildman–Crippen MR) is 131 cm³/mol. The largest absolute Gasteiger partial charge is 0.495 e. The number of ether oxygens (including phenoxy) is 1. The van der Waals surface area contributed by atoms with Gasteiger partial charge in [-0.2, -0.15) is 17.9 Å². The van der Waals surface area contributed by atoms with Gasteiger partial charge in [0.15, 0.2) is 0 Å². The molecule has 39 heavy (non-hydrogen) atoms. The smallest absolute Gasteiger partial charge is 0.493 e. The lowest BCUT2D eigenvalue weighted by Crippen LogP contribution is -2.44. The lowest BCUT2D eigenvalue weighted by Gasteiger charge is -2.17. The number of nitrogens with one attached hydrogen (secondary N) is 1. The number of halogens is 5. The zero-order valence-electron chi connectivity index (χ0n) is 19.6. The summed E-state index contributed by atoms with van der Waals surface area (Å²) in [5.74, 6) is -4.27. The summed E-state index contributed by atoms with van der Waals surface area (Å²) in [5, 5.41) is 3.28. The number of nitrogens with two attached hydrogens (primary N) is 2. The van der Waals surface area contributed by atoms with Crippen molar-refractivity contribution in [2.75, 3.05) is 13.2 Å². The van der Waals surface area contributed by atoms with E-state index in [1.165, 1.54) is 30.3 Å². The molecule has 2 aromatic rings. The zero-order valence-corrected chi connectivity index (χ0v) is 21.9. The predicted octanol–water partition coefficient (Wildman–Crippen LogP) is 2.42. The second-order valence-electron chi connectivity index (χ2n) is 7.42. The van der Waals surface area contributed by atoms with Crippen molar-refractivity contribution in [1.29, 1.82) is 0 Å². The normalized spacial score (nSPS) is 12.2. The Hall–Kier alpha value is -3.47. The summed E-state index contributed by atoms with van der Waals surface area (Å²) >= 11 is 11.6. The number of nitrogens with zero attached hydrogens (tertiary/aromatic N) is 1. The van der Waals surface area contributed by atoms with Crippen molar-refractivity contribution >= 4 is 51.1 Å². The first-order valence-electron chi connectivity index (χ1n) is 10.6. The van der Waals surface area contributed by atoms with E-state index in [0.29, 0.717) is 17.7 Å². The Morgan fingerprint density at radius 1 is 1.00 bits per heavy atom. The summed E-state index contributed by atoms with van der Waals surface area (Å²) in [6, 6.07) is 7.33. The van der Waals surface area contributed by atoms with Gasteiger partial charge in [-0.1, -0.05) is 35.3 Å². The summed E-state index contributed by atoms with van der Waals surface area (Å²) in [4.78, 5) is 35.2. The minimum absolute atomic E-state index is 0.0502. The Kier molecular flexibility index (Phi) is 11.5. The fourth-order valence-electron chi connectivity index (χ4n) is 2.65. The standard InChI is InChI=1S/C21H21Cl2F3N4O8S/c22-15-7-6-14(11-16(15)23)39(33,34)30-17(18(31)37-38-19(32)21(24,25)26)10-12-2-4-13(5-3-12)35-8-1-9-36-29-20(27)28/h2-7,11,17,30H,1,8-10H2,(H4,27,28,29)/t17-/m0/s1. The number of alkyl halides is 3. The van der Waals surface area contributed by atoms with Crippen molar-refractivity contribution in [3.8, 4) is 5.75 Å². The third kappa shape index (κ3) is 10.7. The van der Waals surface area contributed by atoms with E-state index in [2.05, 4.69) is 14.9 Å². The fourth-order valence-corrected chi connectivity index (χ4v) is 4.22. The van der Waals surface area contributed by atoms with Crippen molar-refractivity contribution in [1.82, 2.24) is 4.72 Å². The number of hydrogen-bond acceptors (Lipinski definition) is 9. The van der Waals surface area contributed by atoms with Gasteiger partial charge in [0, 0.05) is 6.42 Å². The highest BCUT2D eigenvalue weighted by Gasteiger charge is 2.43. The Morgan fingerprint density at radius 2 is 1.67 bits per heavy atom. The Bertz CT molecular complexity index is 1290. The number of oxime groups is 1. The molecule has 0 saturated carbocycles. The van der Waals surface area contributed by atoms with Crippen LogP contribution in [0.2, 0.25) is 10.0 Å². The van der Waals surface area contributed by atoms with Crippen LogP contribution in [0.4, 0.5) is 13.2 Å². The molecule has 0 saturated heterocycles. The maximum Gasteiger partial charge on any atom is 0.495 e. The molecule has 1 atom stereocenters. The minimum atomic E-state index is -5.46. The van der Waals surface area contributed by atoms with E-state index in [-0.39, 0.29) is 29.2 Å². The number of sulfonamides is 1. The van der Waals surface area contributed by atoms with Crippen molar-refractivity contribution in [3.05, 3.63) is 58.1 Å². The van der Waals surface area contributed by atoms with Gasteiger partial charge in [-0.05, 0) is 47.5 Å². The van der Waals surface area contributed by atoms with Crippen LogP contribution in [0.1, 0.15) is 12.0 Å². The van der Waals surface area contributed by atoms with Gasteiger partial charge in [-0.3, -0.25) is 0 Å². The Labute approximate surface area is 229 Å². The van der Waals surface area contributed by atoms with Gasteiger partial charge in [0.2, 0.25) is 16.0 Å². The first-order chi connectivity index (χ1) is 18.2. The van der Waals surface area contributed by atoms with Crippen LogP contribution in [0.25, 0.3) is 0 Å². The van der Waals surface area contributed by atoms with Crippen LogP contribution in [0.15, 0.2) is 52.5 Å². The summed E-state index contributed by atoms with van der Waals surface area (Å²) in [5.41, 5.74) is 10.6. The lowest BCUT2D eigenvalue weighted by molar-refractivity contribution is -0.286. The quantitative estimate of drug-likeness (QED) is 0.105. The molecule has 0 aliphatic rings. The molecule has 0 aliphatic heterocycles. The molecule has 0 amide bonds. The number of carbonyl (C=O) groups is 2. The SMILES string of the molecule is NC(N)=NOCCCOc1ccc(C[C@H](NS(=O)(=O)c2ccc(Cl)c(Cl)c2)C(=O)OOC(=O)C(F)(F)F)cc1. The molecule has 0 bridgehead atoms. The number of rotatable bonds is 12. The molecule has 0 radical (unpaired) electrons. The fraction of sp³-hybridized carbons (Fsp3) is 0.286. The van der Waals surface area contributed by atoms with E-state index in [0.717, 1.165) is 12.1 Å². The van der Waals surface area contributed by atoms with Crippen LogP contribution in [-0.4, -0.2) is 51.7 Å². The maximum atomic E-state index is 12.8.